The van der Waals surface area contributed by atoms with Gasteiger partial charge < -0.3 is 5.32 Å². The van der Waals surface area contributed by atoms with Crippen LogP contribution in [0, 0.1) is 11.3 Å². The van der Waals surface area contributed by atoms with Crippen LogP contribution in [0.25, 0.3) is 0 Å². The molecule has 0 aliphatic rings. The summed E-state index contributed by atoms with van der Waals surface area (Å²) in [5.74, 6) is -0.197. The monoisotopic (exact) mass is 222 g/mol. The van der Waals surface area contributed by atoms with Gasteiger partial charge in [0.05, 0.1) is 12.5 Å². The molecule has 0 aliphatic heterocycles. The number of rotatable bonds is 3. The van der Waals surface area contributed by atoms with Gasteiger partial charge in [0.2, 0.25) is 5.91 Å². The molecule has 0 saturated carbocycles. The highest BCUT2D eigenvalue weighted by Crippen LogP contribution is 2.15. The number of carbonyl (C=O) groups excluding carboxylic acids is 1. The van der Waals surface area contributed by atoms with Crippen LogP contribution >= 0.6 is 11.6 Å². The van der Waals surface area contributed by atoms with Crippen LogP contribution in [0.4, 0.5) is 0 Å². The molecule has 15 heavy (non-hydrogen) atoms. The van der Waals surface area contributed by atoms with Crippen LogP contribution in [0.5, 0.6) is 0 Å². The molecule has 4 heteroatoms. The Balaban J connectivity index is 2.60. The molecule has 0 bridgehead atoms. The van der Waals surface area contributed by atoms with E-state index < -0.39 is 6.04 Å². The van der Waals surface area contributed by atoms with Crippen LogP contribution < -0.4 is 5.32 Å². The number of nitriles is 1. The first-order valence-electron chi connectivity index (χ1n) is 4.56. The van der Waals surface area contributed by atoms with E-state index in [1.807, 2.05) is 18.2 Å². The first kappa shape index (κ1) is 11.5. The molecule has 1 aromatic rings. The van der Waals surface area contributed by atoms with Crippen LogP contribution in [0.2, 0.25) is 5.02 Å². The second-order valence-electron chi connectivity index (χ2n) is 3.19. The number of amides is 1. The maximum Gasteiger partial charge on any atom is 0.225 e. The molecule has 1 aromatic carbocycles. The van der Waals surface area contributed by atoms with Crippen LogP contribution in [0.3, 0.4) is 0 Å². The van der Waals surface area contributed by atoms with E-state index in [0.29, 0.717) is 5.02 Å². The van der Waals surface area contributed by atoms with Crippen LogP contribution in [-0.2, 0) is 11.2 Å². The third kappa shape index (κ3) is 3.61. The molecule has 0 radical (unpaired) electrons. The second-order valence-corrected chi connectivity index (χ2v) is 3.59. The van der Waals surface area contributed by atoms with Crippen molar-refractivity contribution in [1.82, 2.24) is 5.32 Å². The van der Waals surface area contributed by atoms with E-state index in [2.05, 4.69) is 5.32 Å². The molecule has 78 valence electrons. The second kappa shape index (κ2) is 5.38. The Bertz CT molecular complexity index is 398. The third-order valence-corrected chi connectivity index (χ3v) is 2.25. The van der Waals surface area contributed by atoms with Crippen molar-refractivity contribution >= 4 is 17.5 Å². The van der Waals surface area contributed by atoms with Crippen LogP contribution in [0.15, 0.2) is 24.3 Å². The number of nitrogens with zero attached hydrogens (tertiary/aromatic N) is 1. The maximum atomic E-state index is 11.4. The van der Waals surface area contributed by atoms with Gasteiger partial charge in [-0.2, -0.15) is 5.26 Å². The topological polar surface area (TPSA) is 52.9 Å². The number of halogens is 1. The van der Waals surface area contributed by atoms with Gasteiger partial charge >= 0.3 is 0 Å². The zero-order valence-electron chi connectivity index (χ0n) is 8.33. The summed E-state index contributed by atoms with van der Waals surface area (Å²) < 4.78 is 0. The zero-order chi connectivity index (χ0) is 11.3. The summed E-state index contributed by atoms with van der Waals surface area (Å²) in [6.45, 7) is 1.63. The molecule has 0 aromatic heterocycles. The van der Waals surface area contributed by atoms with E-state index in [0.717, 1.165) is 5.56 Å². The molecule has 1 N–H and O–H groups in total. The van der Waals surface area contributed by atoms with Gasteiger partial charge in [0.15, 0.2) is 0 Å². The minimum absolute atomic E-state index is 0.197. The Kier molecular flexibility index (Phi) is 4.14. The average molecular weight is 223 g/mol. The molecule has 1 atom stereocenters. The van der Waals surface area contributed by atoms with Crippen LogP contribution in [-0.4, -0.2) is 11.9 Å². The molecule has 0 fully saturated rings. The maximum absolute atomic E-state index is 11.4. The molecule has 0 spiro atoms. The minimum atomic E-state index is -0.472. The number of benzene rings is 1. The standard InChI is InChI=1S/C11H11ClN2O/c1-8(7-13)14-11(15)6-9-4-2-3-5-10(9)12/h2-5,8H,6H2,1H3,(H,14,15). The summed E-state index contributed by atoms with van der Waals surface area (Å²) in [5, 5.41) is 11.6. The molecule has 3 nitrogen and oxygen atoms in total. The Morgan fingerprint density at radius 2 is 2.27 bits per heavy atom. The van der Waals surface area contributed by atoms with E-state index in [1.165, 1.54) is 0 Å². The Labute approximate surface area is 93.7 Å². The fourth-order valence-corrected chi connectivity index (χ4v) is 1.34. The molecule has 1 amide bonds. The molecule has 1 unspecified atom stereocenters. The lowest BCUT2D eigenvalue weighted by molar-refractivity contribution is -0.120. The van der Waals surface area contributed by atoms with Gasteiger partial charge in [-0.25, -0.2) is 0 Å². The highest BCUT2D eigenvalue weighted by Gasteiger charge is 2.08. The summed E-state index contributed by atoms with van der Waals surface area (Å²) in [7, 11) is 0. The fourth-order valence-electron chi connectivity index (χ4n) is 1.14. The summed E-state index contributed by atoms with van der Waals surface area (Å²) in [4.78, 5) is 11.4. The minimum Gasteiger partial charge on any atom is -0.340 e. The van der Waals surface area contributed by atoms with Crippen LogP contribution in [0.1, 0.15) is 12.5 Å². The predicted molar refractivity (Wildman–Crippen MR) is 58.4 cm³/mol. The van der Waals surface area contributed by atoms with Crippen molar-refractivity contribution in [2.75, 3.05) is 0 Å². The molecule has 0 heterocycles. The van der Waals surface area contributed by atoms with Crippen molar-refractivity contribution in [3.8, 4) is 6.07 Å². The molecule has 0 aliphatic carbocycles. The van der Waals surface area contributed by atoms with Gasteiger partial charge in [-0.3, -0.25) is 4.79 Å². The van der Waals surface area contributed by atoms with E-state index in [4.69, 9.17) is 16.9 Å². The van der Waals surface area contributed by atoms with Crippen molar-refractivity contribution in [2.24, 2.45) is 0 Å². The van der Waals surface area contributed by atoms with Crippen molar-refractivity contribution in [3.05, 3.63) is 34.9 Å². The van der Waals surface area contributed by atoms with Crippen molar-refractivity contribution in [1.29, 1.82) is 5.26 Å². The molecular formula is C11H11ClN2O. The highest BCUT2D eigenvalue weighted by molar-refractivity contribution is 6.31. The number of hydrogen-bond donors (Lipinski definition) is 1. The summed E-state index contributed by atoms with van der Waals surface area (Å²) in [6, 6.07) is 8.61. The lowest BCUT2D eigenvalue weighted by Gasteiger charge is -2.07. The van der Waals surface area contributed by atoms with Gasteiger partial charge in [-0.05, 0) is 18.6 Å². The van der Waals surface area contributed by atoms with Gasteiger partial charge in [0, 0.05) is 5.02 Å². The summed E-state index contributed by atoms with van der Waals surface area (Å²) in [6.07, 6.45) is 0.200. The SMILES string of the molecule is CC(C#N)NC(=O)Cc1ccccc1Cl. The van der Waals surface area contributed by atoms with E-state index in [1.54, 1.807) is 19.1 Å². The third-order valence-electron chi connectivity index (χ3n) is 1.88. The largest absolute Gasteiger partial charge is 0.340 e. The highest BCUT2D eigenvalue weighted by atomic mass is 35.5. The van der Waals surface area contributed by atoms with Crippen molar-refractivity contribution in [2.45, 2.75) is 19.4 Å². The van der Waals surface area contributed by atoms with Crippen molar-refractivity contribution < 1.29 is 4.79 Å². The van der Waals surface area contributed by atoms with E-state index in [9.17, 15) is 4.79 Å². The Hall–Kier alpha value is -1.53. The molecule has 1 rings (SSSR count). The first-order chi connectivity index (χ1) is 7.13. The summed E-state index contributed by atoms with van der Waals surface area (Å²) >= 11 is 5.89. The number of nitrogens with one attached hydrogen (secondary N) is 1. The number of carbonyl (C=O) groups is 1. The van der Waals surface area contributed by atoms with Gasteiger partial charge in [0.25, 0.3) is 0 Å². The number of hydrogen-bond acceptors (Lipinski definition) is 2. The van der Waals surface area contributed by atoms with E-state index in [-0.39, 0.29) is 12.3 Å². The molecule has 0 saturated heterocycles. The first-order valence-corrected chi connectivity index (χ1v) is 4.93. The van der Waals surface area contributed by atoms with Gasteiger partial charge in [0.1, 0.15) is 6.04 Å². The predicted octanol–water partition coefficient (Wildman–Crippen LogP) is 1.91. The zero-order valence-corrected chi connectivity index (χ0v) is 9.08. The molecular weight excluding hydrogens is 212 g/mol. The quantitative estimate of drug-likeness (QED) is 0.850. The Morgan fingerprint density at radius 1 is 1.60 bits per heavy atom. The average Bonchev–Trinajstić information content (AvgIpc) is 2.21. The smallest absolute Gasteiger partial charge is 0.225 e. The van der Waals surface area contributed by atoms with E-state index >= 15 is 0 Å². The lowest BCUT2D eigenvalue weighted by Crippen LogP contribution is -2.32. The lowest BCUT2D eigenvalue weighted by atomic mass is 10.1. The summed E-state index contributed by atoms with van der Waals surface area (Å²) in [5.41, 5.74) is 0.766. The van der Waals surface area contributed by atoms with Gasteiger partial charge in [-0.1, -0.05) is 29.8 Å². The normalized spacial score (nSPS) is 11.5. The van der Waals surface area contributed by atoms with Gasteiger partial charge in [-0.15, -0.1) is 0 Å². The Morgan fingerprint density at radius 3 is 2.87 bits per heavy atom. The fraction of sp³-hybridized carbons (Fsp3) is 0.273. The van der Waals surface area contributed by atoms with Crippen molar-refractivity contribution in [3.63, 3.8) is 0 Å².